The van der Waals surface area contributed by atoms with Gasteiger partial charge in [-0.25, -0.2) is 0 Å². The Balaban J connectivity index is 1.89. The maximum Gasteiger partial charge on any atom is 0.238 e. The highest BCUT2D eigenvalue weighted by molar-refractivity contribution is 6.16. The SMILES string of the molecule is CC(C)(C)c1ccc(C#CC(=O)c2cncc3ccccc23)cc1. The van der Waals surface area contributed by atoms with Crippen LogP contribution in [0.15, 0.2) is 60.9 Å². The molecule has 0 spiro atoms. The van der Waals surface area contributed by atoms with Gasteiger partial charge in [0.15, 0.2) is 0 Å². The van der Waals surface area contributed by atoms with E-state index in [1.807, 2.05) is 36.4 Å². The van der Waals surface area contributed by atoms with E-state index in [1.54, 1.807) is 12.4 Å². The van der Waals surface area contributed by atoms with Gasteiger partial charge >= 0.3 is 0 Å². The first-order chi connectivity index (χ1) is 11.4. The lowest BCUT2D eigenvalue weighted by molar-refractivity contribution is 0.105. The molecule has 0 unspecified atom stereocenters. The Bertz CT molecular complexity index is 946. The Kier molecular flexibility index (Phi) is 4.18. The number of fused-ring (bicyclic) bond motifs is 1. The molecule has 0 aliphatic heterocycles. The predicted molar refractivity (Wildman–Crippen MR) is 98.1 cm³/mol. The Labute approximate surface area is 142 Å². The first kappa shape index (κ1) is 16.0. The summed E-state index contributed by atoms with van der Waals surface area (Å²) in [6.45, 7) is 6.51. The average molecular weight is 313 g/mol. The highest BCUT2D eigenvalue weighted by Crippen LogP contribution is 2.22. The van der Waals surface area contributed by atoms with Gasteiger partial charge in [0.1, 0.15) is 0 Å². The standard InChI is InChI=1S/C22H19NO/c1-22(2,3)18-11-8-16(9-12-18)10-13-21(24)20-15-23-14-17-6-4-5-7-19(17)20/h4-9,11-12,14-15H,1-3H3. The largest absolute Gasteiger partial charge is 0.279 e. The zero-order valence-corrected chi connectivity index (χ0v) is 14.1. The van der Waals surface area contributed by atoms with Crippen LogP contribution in [-0.2, 0) is 5.41 Å². The van der Waals surface area contributed by atoms with E-state index in [4.69, 9.17) is 0 Å². The Morgan fingerprint density at radius 3 is 2.38 bits per heavy atom. The molecule has 1 aromatic heterocycles. The van der Waals surface area contributed by atoms with E-state index in [1.165, 1.54) is 5.56 Å². The van der Waals surface area contributed by atoms with Crippen molar-refractivity contribution in [2.45, 2.75) is 26.2 Å². The van der Waals surface area contributed by atoms with E-state index in [2.05, 4.69) is 49.7 Å². The van der Waals surface area contributed by atoms with Crippen LogP contribution < -0.4 is 0 Å². The van der Waals surface area contributed by atoms with E-state index >= 15 is 0 Å². The lowest BCUT2D eigenvalue weighted by Crippen LogP contribution is -2.10. The Morgan fingerprint density at radius 2 is 1.67 bits per heavy atom. The van der Waals surface area contributed by atoms with E-state index < -0.39 is 0 Å². The summed E-state index contributed by atoms with van der Waals surface area (Å²) in [6.07, 6.45) is 3.34. The Hall–Kier alpha value is -2.92. The van der Waals surface area contributed by atoms with Gasteiger partial charge in [0.2, 0.25) is 5.78 Å². The number of benzene rings is 2. The van der Waals surface area contributed by atoms with Crippen molar-refractivity contribution in [3.05, 3.63) is 77.6 Å². The van der Waals surface area contributed by atoms with Crippen molar-refractivity contribution >= 4 is 16.6 Å². The topological polar surface area (TPSA) is 30.0 Å². The van der Waals surface area contributed by atoms with Gasteiger partial charge in [-0.3, -0.25) is 9.78 Å². The summed E-state index contributed by atoms with van der Waals surface area (Å²) in [5.74, 6) is 5.49. The monoisotopic (exact) mass is 313 g/mol. The smallest absolute Gasteiger partial charge is 0.238 e. The number of pyridine rings is 1. The first-order valence-corrected chi connectivity index (χ1v) is 7.95. The van der Waals surface area contributed by atoms with Gasteiger partial charge in [-0.15, -0.1) is 0 Å². The van der Waals surface area contributed by atoms with E-state index in [0.29, 0.717) is 5.56 Å². The van der Waals surface area contributed by atoms with Gasteiger partial charge < -0.3 is 0 Å². The number of carbonyl (C=O) groups is 1. The average Bonchev–Trinajstić information content (AvgIpc) is 2.59. The molecule has 2 nitrogen and oxygen atoms in total. The van der Waals surface area contributed by atoms with E-state index in [0.717, 1.165) is 16.3 Å². The van der Waals surface area contributed by atoms with E-state index in [9.17, 15) is 4.79 Å². The number of hydrogen-bond acceptors (Lipinski definition) is 2. The van der Waals surface area contributed by atoms with Crippen LogP contribution in [-0.4, -0.2) is 10.8 Å². The molecule has 0 atom stereocenters. The molecule has 2 aromatic carbocycles. The summed E-state index contributed by atoms with van der Waals surface area (Å²) < 4.78 is 0. The highest BCUT2D eigenvalue weighted by atomic mass is 16.1. The van der Waals surface area contributed by atoms with Crippen LogP contribution in [0.1, 0.15) is 42.3 Å². The molecule has 0 saturated carbocycles. The lowest BCUT2D eigenvalue weighted by atomic mass is 9.87. The zero-order chi connectivity index (χ0) is 17.2. The van der Waals surface area contributed by atoms with E-state index in [-0.39, 0.29) is 11.2 Å². The quantitative estimate of drug-likeness (QED) is 0.478. The minimum absolute atomic E-state index is 0.108. The zero-order valence-electron chi connectivity index (χ0n) is 14.1. The van der Waals surface area contributed by atoms with Crippen LogP contribution in [0.2, 0.25) is 0 Å². The third-order valence-electron chi connectivity index (χ3n) is 3.98. The molecule has 0 saturated heterocycles. The molecule has 0 amide bonds. The summed E-state index contributed by atoms with van der Waals surface area (Å²) in [6, 6.07) is 15.8. The van der Waals surface area contributed by atoms with Crippen LogP contribution in [0.25, 0.3) is 10.8 Å². The molecule has 0 fully saturated rings. The molecule has 2 heteroatoms. The van der Waals surface area contributed by atoms with Gasteiger partial charge in [0.25, 0.3) is 0 Å². The fourth-order valence-corrected chi connectivity index (χ4v) is 2.55. The molecule has 3 aromatic rings. The lowest BCUT2D eigenvalue weighted by Gasteiger charge is -2.18. The van der Waals surface area contributed by atoms with Gasteiger partial charge in [0, 0.05) is 23.3 Å². The van der Waals surface area contributed by atoms with Crippen LogP contribution in [0.5, 0.6) is 0 Å². The van der Waals surface area contributed by atoms with Gasteiger partial charge in [0.05, 0.1) is 5.56 Å². The fraction of sp³-hybridized carbons (Fsp3) is 0.182. The summed E-state index contributed by atoms with van der Waals surface area (Å²) in [4.78, 5) is 16.6. The Morgan fingerprint density at radius 1 is 0.958 bits per heavy atom. The first-order valence-electron chi connectivity index (χ1n) is 7.95. The normalized spacial score (nSPS) is 11.0. The van der Waals surface area contributed by atoms with Crippen molar-refractivity contribution in [3.8, 4) is 11.8 Å². The molecular weight excluding hydrogens is 294 g/mol. The maximum absolute atomic E-state index is 12.4. The molecular formula is C22H19NO. The van der Waals surface area contributed by atoms with Crippen molar-refractivity contribution in [1.82, 2.24) is 4.98 Å². The molecule has 0 radical (unpaired) electrons. The predicted octanol–water partition coefficient (Wildman–Crippen LogP) is 4.77. The van der Waals surface area contributed by atoms with Crippen molar-refractivity contribution in [3.63, 3.8) is 0 Å². The van der Waals surface area contributed by atoms with Gasteiger partial charge in [-0.05, 0) is 34.4 Å². The summed E-state index contributed by atoms with van der Waals surface area (Å²) >= 11 is 0. The fourth-order valence-electron chi connectivity index (χ4n) is 2.55. The number of nitrogens with zero attached hydrogens (tertiary/aromatic N) is 1. The molecule has 0 aliphatic carbocycles. The van der Waals surface area contributed by atoms with Gasteiger partial charge in [-0.1, -0.05) is 63.1 Å². The van der Waals surface area contributed by atoms with Crippen LogP contribution >= 0.6 is 0 Å². The second-order valence-corrected chi connectivity index (χ2v) is 6.81. The third-order valence-corrected chi connectivity index (χ3v) is 3.98. The molecule has 0 N–H and O–H groups in total. The minimum Gasteiger partial charge on any atom is -0.279 e. The molecule has 118 valence electrons. The van der Waals surface area contributed by atoms with Crippen LogP contribution in [0.3, 0.4) is 0 Å². The molecule has 24 heavy (non-hydrogen) atoms. The number of rotatable bonds is 1. The molecule has 0 bridgehead atoms. The van der Waals surface area contributed by atoms with Crippen molar-refractivity contribution in [1.29, 1.82) is 0 Å². The second kappa shape index (κ2) is 6.29. The van der Waals surface area contributed by atoms with Gasteiger partial charge in [-0.2, -0.15) is 0 Å². The molecule has 3 rings (SSSR count). The summed E-state index contributed by atoms with van der Waals surface area (Å²) in [5, 5.41) is 1.83. The second-order valence-electron chi connectivity index (χ2n) is 6.81. The minimum atomic E-state index is -0.209. The highest BCUT2D eigenvalue weighted by Gasteiger charge is 2.12. The number of Topliss-reactive ketones (excluding diaryl/α,β-unsaturated/α-hetero) is 1. The van der Waals surface area contributed by atoms with Crippen LogP contribution in [0, 0.1) is 11.8 Å². The maximum atomic E-state index is 12.4. The van der Waals surface area contributed by atoms with Crippen molar-refractivity contribution in [2.75, 3.05) is 0 Å². The van der Waals surface area contributed by atoms with Crippen LogP contribution in [0.4, 0.5) is 0 Å². The molecule has 0 aliphatic rings. The summed E-state index contributed by atoms with van der Waals surface area (Å²) in [7, 11) is 0. The van der Waals surface area contributed by atoms with Crippen molar-refractivity contribution < 1.29 is 4.79 Å². The number of hydrogen-bond donors (Lipinski definition) is 0. The number of aromatic nitrogens is 1. The third kappa shape index (κ3) is 3.36. The van der Waals surface area contributed by atoms with Crippen molar-refractivity contribution in [2.24, 2.45) is 0 Å². The number of ketones is 1. The summed E-state index contributed by atoms with van der Waals surface area (Å²) in [5.41, 5.74) is 2.74. The number of carbonyl (C=O) groups excluding carboxylic acids is 1. The molecule has 1 heterocycles.